The SMILES string of the molecule is [2H]c1ccnc(-n2c3[c-]c(Oc4[c-]c(-n5nc(C)c(-c6ccccc6)c5C)ccc4)ccc3c3cc(CCCCC(C)C)ccc32)c1.[Pt+2]. The Morgan fingerprint density at radius 2 is 1.68 bits per heavy atom. The van der Waals surface area contributed by atoms with E-state index in [1.807, 2.05) is 54.1 Å². The fourth-order valence-corrected chi connectivity index (χ4v) is 6.38. The molecule has 0 aliphatic carbocycles. The van der Waals surface area contributed by atoms with E-state index in [2.05, 4.69) is 78.9 Å². The first-order valence-electron chi connectivity index (χ1n) is 16.6. The Morgan fingerprint density at radius 1 is 0.851 bits per heavy atom. The second kappa shape index (κ2) is 14.1. The van der Waals surface area contributed by atoms with Gasteiger partial charge in [0.2, 0.25) is 0 Å². The summed E-state index contributed by atoms with van der Waals surface area (Å²) in [4.78, 5) is 4.65. The molecule has 0 atom stereocenters. The number of nitrogens with zero attached hydrogens (tertiary/aromatic N) is 4. The zero-order valence-corrected chi connectivity index (χ0v) is 29.4. The molecule has 7 aromatic rings. The zero-order valence-electron chi connectivity index (χ0n) is 28.2. The molecular formula is C41H38N4OPt. The first-order chi connectivity index (χ1) is 22.9. The number of hydrogen-bond acceptors (Lipinski definition) is 3. The summed E-state index contributed by atoms with van der Waals surface area (Å²) in [5.41, 5.74) is 8.29. The van der Waals surface area contributed by atoms with Crippen molar-refractivity contribution in [2.24, 2.45) is 5.92 Å². The standard InChI is InChI=1S/C41H38N4O.Pt/c1-28(2)13-8-9-14-31-20-23-38-37(25-31)36-22-21-35(27-39(36)44(38)40-19-10-11-24-42-40)46-34-18-12-17-33(26-34)45-30(4)41(29(3)43-45)32-15-6-5-7-16-32;/h5-7,10-12,15-25,28H,8-9,13-14H2,1-4H3;/q-2;+2/i10D;. The minimum Gasteiger partial charge on any atom is -0.509 e. The van der Waals surface area contributed by atoms with E-state index in [1.54, 1.807) is 18.3 Å². The van der Waals surface area contributed by atoms with E-state index in [1.165, 1.54) is 24.8 Å². The third kappa shape index (κ3) is 6.68. The van der Waals surface area contributed by atoms with Crippen molar-refractivity contribution in [1.29, 1.82) is 0 Å². The second-order valence-electron chi connectivity index (χ2n) is 12.4. The van der Waals surface area contributed by atoms with Crippen molar-refractivity contribution in [3.8, 4) is 34.1 Å². The Hall–Kier alpha value is -4.47. The number of ether oxygens (including phenoxy) is 1. The minimum absolute atomic E-state index is 0. The maximum atomic E-state index is 8.27. The number of pyridine rings is 1. The maximum absolute atomic E-state index is 8.27. The van der Waals surface area contributed by atoms with Crippen molar-refractivity contribution < 1.29 is 27.2 Å². The van der Waals surface area contributed by atoms with E-state index < -0.39 is 0 Å². The molecule has 0 saturated heterocycles. The molecule has 7 rings (SSSR count). The molecule has 0 bridgehead atoms. The van der Waals surface area contributed by atoms with Gasteiger partial charge in [-0.25, -0.2) is 4.98 Å². The van der Waals surface area contributed by atoms with E-state index in [-0.39, 0.29) is 21.1 Å². The molecule has 3 aromatic heterocycles. The summed E-state index contributed by atoms with van der Waals surface area (Å²) in [6, 6.07) is 37.8. The largest absolute Gasteiger partial charge is 2.00 e. The van der Waals surface area contributed by atoms with Crippen LogP contribution in [0.4, 0.5) is 0 Å². The molecule has 0 amide bonds. The van der Waals surface area contributed by atoms with Crippen LogP contribution in [0.1, 0.15) is 51.4 Å². The maximum Gasteiger partial charge on any atom is 2.00 e. The van der Waals surface area contributed by atoms with Crippen molar-refractivity contribution in [2.45, 2.75) is 53.4 Å². The average Bonchev–Trinajstić information content (AvgIpc) is 3.55. The third-order valence-electron chi connectivity index (χ3n) is 8.58. The van der Waals surface area contributed by atoms with Crippen LogP contribution >= 0.6 is 0 Å². The summed E-state index contributed by atoms with van der Waals surface area (Å²) in [6.45, 7) is 8.69. The fraction of sp³-hybridized carbons (Fsp3) is 0.220. The third-order valence-corrected chi connectivity index (χ3v) is 8.58. The number of hydrogen-bond donors (Lipinski definition) is 0. The number of unbranched alkanes of at least 4 members (excludes halogenated alkanes) is 1. The number of rotatable bonds is 10. The summed E-state index contributed by atoms with van der Waals surface area (Å²) in [6.07, 6.45) is 6.40. The Kier molecular flexibility index (Phi) is 9.35. The van der Waals surface area contributed by atoms with Crippen LogP contribution in [0, 0.1) is 31.9 Å². The minimum atomic E-state index is 0. The van der Waals surface area contributed by atoms with Gasteiger partial charge >= 0.3 is 21.1 Å². The van der Waals surface area contributed by atoms with Crippen molar-refractivity contribution in [3.05, 3.63) is 132 Å². The molecule has 0 saturated carbocycles. The van der Waals surface area contributed by atoms with Gasteiger partial charge < -0.3 is 9.30 Å². The number of aryl methyl sites for hydroxylation is 2. The number of fused-ring (bicyclic) bond motifs is 3. The van der Waals surface area contributed by atoms with E-state index in [0.717, 1.165) is 62.3 Å². The molecule has 47 heavy (non-hydrogen) atoms. The Balaban J connectivity index is 0.00000401. The van der Waals surface area contributed by atoms with Crippen LogP contribution in [0.15, 0.2) is 103 Å². The molecule has 0 N–H and O–H groups in total. The van der Waals surface area contributed by atoms with E-state index >= 15 is 0 Å². The van der Waals surface area contributed by atoms with Crippen LogP contribution in [-0.4, -0.2) is 19.3 Å². The van der Waals surface area contributed by atoms with E-state index in [0.29, 0.717) is 23.4 Å². The zero-order chi connectivity index (χ0) is 32.5. The van der Waals surface area contributed by atoms with Crippen molar-refractivity contribution in [3.63, 3.8) is 0 Å². The van der Waals surface area contributed by atoms with Gasteiger partial charge in [0.1, 0.15) is 5.82 Å². The van der Waals surface area contributed by atoms with Gasteiger partial charge in [-0.05, 0) is 73.0 Å². The molecule has 0 fully saturated rings. The van der Waals surface area contributed by atoms with Crippen LogP contribution in [0.25, 0.3) is 44.4 Å². The molecule has 0 aliphatic heterocycles. The van der Waals surface area contributed by atoms with Crippen LogP contribution in [0.2, 0.25) is 0 Å². The van der Waals surface area contributed by atoms with Crippen molar-refractivity contribution in [2.75, 3.05) is 0 Å². The molecule has 0 spiro atoms. The molecule has 3 heterocycles. The summed E-state index contributed by atoms with van der Waals surface area (Å²) >= 11 is 0. The van der Waals surface area contributed by atoms with Crippen LogP contribution in [0.3, 0.4) is 0 Å². The molecular weight excluding hydrogens is 760 g/mol. The Labute approximate surface area is 292 Å². The molecule has 238 valence electrons. The van der Waals surface area contributed by atoms with Crippen LogP contribution < -0.4 is 4.74 Å². The van der Waals surface area contributed by atoms with Gasteiger partial charge in [-0.3, -0.25) is 4.68 Å². The first-order valence-corrected chi connectivity index (χ1v) is 16.1. The summed E-state index contributed by atoms with van der Waals surface area (Å²) in [7, 11) is 0. The van der Waals surface area contributed by atoms with E-state index in [4.69, 9.17) is 11.2 Å². The summed E-state index contributed by atoms with van der Waals surface area (Å²) in [5, 5.41) is 7.08. The second-order valence-corrected chi connectivity index (χ2v) is 12.4. The summed E-state index contributed by atoms with van der Waals surface area (Å²) < 4.78 is 18.7. The van der Waals surface area contributed by atoms with Gasteiger partial charge in [0.25, 0.3) is 0 Å². The molecule has 6 heteroatoms. The van der Waals surface area contributed by atoms with Gasteiger partial charge in [0.05, 0.1) is 7.06 Å². The van der Waals surface area contributed by atoms with Gasteiger partial charge in [-0.15, -0.1) is 35.7 Å². The smallest absolute Gasteiger partial charge is 0.509 e. The normalized spacial score (nSPS) is 11.6. The molecule has 5 nitrogen and oxygen atoms in total. The van der Waals surface area contributed by atoms with Gasteiger partial charge in [0.15, 0.2) is 0 Å². The van der Waals surface area contributed by atoms with E-state index in [9.17, 15) is 0 Å². The fourth-order valence-electron chi connectivity index (χ4n) is 6.38. The summed E-state index contributed by atoms with van der Waals surface area (Å²) in [5.74, 6) is 2.56. The quantitative estimate of drug-likeness (QED) is 0.102. The molecule has 0 aliphatic rings. The molecule has 0 radical (unpaired) electrons. The van der Waals surface area contributed by atoms with Gasteiger partial charge in [-0.2, -0.15) is 17.2 Å². The first kappa shape index (κ1) is 31.1. The number of benzene rings is 4. The molecule has 4 aromatic carbocycles. The van der Waals surface area contributed by atoms with Crippen LogP contribution in [0.5, 0.6) is 11.5 Å². The topological polar surface area (TPSA) is 44.9 Å². The predicted octanol–water partition coefficient (Wildman–Crippen LogP) is 10.4. The molecule has 0 unspecified atom stereocenters. The van der Waals surface area contributed by atoms with Gasteiger partial charge in [-0.1, -0.05) is 80.7 Å². The Bertz CT molecular complexity index is 2200. The van der Waals surface area contributed by atoms with Crippen LogP contribution in [-0.2, 0) is 27.5 Å². The van der Waals surface area contributed by atoms with Crippen molar-refractivity contribution in [1.82, 2.24) is 19.3 Å². The monoisotopic (exact) mass is 798 g/mol. The predicted molar refractivity (Wildman–Crippen MR) is 187 cm³/mol. The number of aromatic nitrogens is 4. The average molecular weight is 799 g/mol. The Morgan fingerprint density at radius 3 is 2.49 bits per heavy atom. The van der Waals surface area contributed by atoms with Gasteiger partial charge in [0, 0.05) is 34.5 Å². The van der Waals surface area contributed by atoms with Crippen molar-refractivity contribution >= 4 is 21.8 Å².